The molecule has 3 fully saturated rings. The zero-order valence-corrected chi connectivity index (χ0v) is 15.0. The van der Waals surface area contributed by atoms with E-state index in [1.54, 1.807) is 11.9 Å². The number of benzene rings is 1. The normalized spacial score (nSPS) is 22.5. The van der Waals surface area contributed by atoms with Crippen LogP contribution in [0.5, 0.6) is 0 Å². The summed E-state index contributed by atoms with van der Waals surface area (Å²) in [6, 6.07) is 10.3. The molecule has 0 radical (unpaired) electrons. The lowest BCUT2D eigenvalue weighted by atomic mass is 9.86. The molecule has 7 heteroatoms. The lowest BCUT2D eigenvalue weighted by Gasteiger charge is -2.42. The molecular formula is C18H27N5O2. The number of para-hydroxylation sites is 1. The number of carbonyl (C=O) groups excluding carboxylic acids is 2. The molecule has 3 amide bonds. The first-order chi connectivity index (χ1) is 12.0. The highest BCUT2D eigenvalue weighted by molar-refractivity contribution is 5.93. The minimum absolute atomic E-state index is 0.0417. The maximum absolute atomic E-state index is 12.3. The number of carbonyl (C=O) groups is 2. The summed E-state index contributed by atoms with van der Waals surface area (Å²) in [5.74, 6) is 0.194. The summed E-state index contributed by atoms with van der Waals surface area (Å²) in [7, 11) is 3.90. The van der Waals surface area contributed by atoms with Gasteiger partial charge >= 0.3 is 6.03 Å². The van der Waals surface area contributed by atoms with E-state index in [4.69, 9.17) is 0 Å². The number of likely N-dealkylation sites (N-methyl/N-ethyl adjacent to an activating group) is 1. The SMILES string of the molecule is CN1CCC2(CC1)C(=O)NCN2c1ccccc1.CN1CCNC1=O. The molecule has 1 aromatic rings. The summed E-state index contributed by atoms with van der Waals surface area (Å²) in [4.78, 5) is 28.8. The van der Waals surface area contributed by atoms with Gasteiger partial charge in [-0.2, -0.15) is 0 Å². The van der Waals surface area contributed by atoms with Crippen LogP contribution < -0.4 is 15.5 Å². The van der Waals surface area contributed by atoms with Crippen LogP contribution >= 0.6 is 0 Å². The van der Waals surface area contributed by atoms with Gasteiger partial charge in [0.15, 0.2) is 0 Å². The fourth-order valence-corrected chi connectivity index (χ4v) is 3.59. The number of hydrogen-bond donors (Lipinski definition) is 2. The Bertz CT molecular complexity index is 613. The van der Waals surface area contributed by atoms with Crippen LogP contribution in [0, 0.1) is 0 Å². The van der Waals surface area contributed by atoms with Gasteiger partial charge < -0.3 is 25.3 Å². The van der Waals surface area contributed by atoms with Crippen molar-refractivity contribution in [3.05, 3.63) is 30.3 Å². The smallest absolute Gasteiger partial charge is 0.317 e. The standard InChI is InChI=1S/C14H19N3O.C4H8N2O/c1-16-9-7-14(8-10-16)13(18)15-11-17(14)12-5-3-2-4-6-12;1-6-3-2-5-4(6)7/h2-6H,7-11H2,1H3,(H,15,18);2-3H2,1H3,(H,5,7). The number of rotatable bonds is 1. The van der Waals surface area contributed by atoms with Gasteiger partial charge in [0.2, 0.25) is 5.91 Å². The molecule has 136 valence electrons. The number of nitrogens with zero attached hydrogens (tertiary/aromatic N) is 3. The number of nitrogens with one attached hydrogen (secondary N) is 2. The van der Waals surface area contributed by atoms with Gasteiger partial charge in [-0.05, 0) is 32.0 Å². The minimum atomic E-state index is -0.326. The summed E-state index contributed by atoms with van der Waals surface area (Å²) in [5.41, 5.74) is 0.814. The Hall–Kier alpha value is -2.28. The van der Waals surface area contributed by atoms with Crippen molar-refractivity contribution in [3.63, 3.8) is 0 Å². The number of amides is 3. The Morgan fingerprint density at radius 3 is 2.16 bits per heavy atom. The second kappa shape index (κ2) is 7.31. The van der Waals surface area contributed by atoms with Gasteiger partial charge in [-0.1, -0.05) is 18.2 Å². The van der Waals surface area contributed by atoms with E-state index in [-0.39, 0.29) is 17.5 Å². The van der Waals surface area contributed by atoms with Gasteiger partial charge in [-0.3, -0.25) is 4.79 Å². The molecule has 3 aliphatic rings. The third kappa shape index (κ3) is 3.56. The van der Waals surface area contributed by atoms with Gasteiger partial charge in [-0.25, -0.2) is 4.79 Å². The number of urea groups is 1. The molecule has 3 heterocycles. The molecule has 25 heavy (non-hydrogen) atoms. The number of hydrogen-bond acceptors (Lipinski definition) is 4. The predicted octanol–water partition coefficient (Wildman–Crippen LogP) is 0.686. The van der Waals surface area contributed by atoms with Crippen LogP contribution in [-0.2, 0) is 4.79 Å². The zero-order valence-electron chi connectivity index (χ0n) is 15.0. The van der Waals surface area contributed by atoms with Crippen molar-refractivity contribution < 1.29 is 9.59 Å². The molecule has 0 unspecified atom stereocenters. The van der Waals surface area contributed by atoms with Crippen LogP contribution in [0.3, 0.4) is 0 Å². The molecule has 1 spiro atoms. The Morgan fingerprint density at radius 1 is 0.960 bits per heavy atom. The van der Waals surface area contributed by atoms with Gasteiger partial charge in [0, 0.05) is 38.9 Å². The molecule has 2 N–H and O–H groups in total. The van der Waals surface area contributed by atoms with Crippen LogP contribution in [0.4, 0.5) is 10.5 Å². The Labute approximate surface area is 149 Å². The minimum Gasteiger partial charge on any atom is -0.339 e. The van der Waals surface area contributed by atoms with Crippen LogP contribution in [0.25, 0.3) is 0 Å². The fourth-order valence-electron chi connectivity index (χ4n) is 3.59. The molecule has 0 aromatic heterocycles. The van der Waals surface area contributed by atoms with Crippen LogP contribution in [0.2, 0.25) is 0 Å². The lowest BCUT2D eigenvalue weighted by Crippen LogP contribution is -2.55. The predicted molar refractivity (Wildman–Crippen MR) is 97.4 cm³/mol. The van der Waals surface area contributed by atoms with Crippen molar-refractivity contribution in [2.24, 2.45) is 0 Å². The average Bonchev–Trinajstić information content (AvgIpc) is 3.15. The number of anilines is 1. The quantitative estimate of drug-likeness (QED) is 0.786. The number of piperidine rings is 1. The summed E-state index contributed by atoms with van der Waals surface area (Å²) in [6.45, 7) is 4.24. The Morgan fingerprint density at radius 2 is 1.64 bits per heavy atom. The van der Waals surface area contributed by atoms with E-state index >= 15 is 0 Å². The third-order valence-corrected chi connectivity index (χ3v) is 5.29. The lowest BCUT2D eigenvalue weighted by molar-refractivity contribution is -0.125. The third-order valence-electron chi connectivity index (χ3n) is 5.29. The number of likely N-dealkylation sites (tertiary alicyclic amines) is 1. The first kappa shape index (κ1) is 17.5. The maximum Gasteiger partial charge on any atom is 0.317 e. The molecule has 0 saturated carbocycles. The monoisotopic (exact) mass is 345 g/mol. The molecule has 0 bridgehead atoms. The van der Waals surface area contributed by atoms with Crippen molar-refractivity contribution in [3.8, 4) is 0 Å². The van der Waals surface area contributed by atoms with E-state index in [2.05, 4.69) is 39.6 Å². The molecule has 0 aliphatic carbocycles. The van der Waals surface area contributed by atoms with Crippen molar-refractivity contribution in [2.45, 2.75) is 18.4 Å². The molecule has 1 aromatic carbocycles. The van der Waals surface area contributed by atoms with Gasteiger partial charge in [-0.15, -0.1) is 0 Å². The molecule has 0 atom stereocenters. The van der Waals surface area contributed by atoms with E-state index in [1.165, 1.54) is 0 Å². The topological polar surface area (TPSA) is 67.9 Å². The first-order valence-electron chi connectivity index (χ1n) is 8.81. The summed E-state index contributed by atoms with van der Waals surface area (Å²) < 4.78 is 0. The maximum atomic E-state index is 12.3. The second-order valence-corrected chi connectivity index (χ2v) is 6.92. The Kier molecular flexibility index (Phi) is 5.13. The molecule has 3 saturated heterocycles. The zero-order chi connectivity index (χ0) is 17.9. The molecule has 4 rings (SSSR count). The summed E-state index contributed by atoms with van der Waals surface area (Å²) in [5, 5.41) is 5.67. The highest BCUT2D eigenvalue weighted by atomic mass is 16.2. The van der Waals surface area contributed by atoms with E-state index in [0.717, 1.165) is 44.7 Å². The van der Waals surface area contributed by atoms with Crippen LogP contribution in [-0.4, -0.2) is 74.2 Å². The second-order valence-electron chi connectivity index (χ2n) is 6.92. The Balaban J connectivity index is 0.000000219. The first-order valence-corrected chi connectivity index (χ1v) is 8.81. The van der Waals surface area contributed by atoms with Crippen molar-refractivity contribution >= 4 is 17.6 Å². The van der Waals surface area contributed by atoms with Gasteiger partial charge in [0.25, 0.3) is 0 Å². The van der Waals surface area contributed by atoms with Gasteiger partial charge in [0.1, 0.15) is 5.54 Å². The summed E-state index contributed by atoms with van der Waals surface area (Å²) in [6.07, 6.45) is 1.81. The average molecular weight is 345 g/mol. The van der Waals surface area contributed by atoms with E-state index in [1.807, 2.05) is 18.2 Å². The fraction of sp³-hybridized carbons (Fsp3) is 0.556. The van der Waals surface area contributed by atoms with Crippen molar-refractivity contribution in [2.75, 3.05) is 51.8 Å². The van der Waals surface area contributed by atoms with Gasteiger partial charge in [0.05, 0.1) is 6.67 Å². The van der Waals surface area contributed by atoms with E-state index in [0.29, 0.717) is 6.67 Å². The largest absolute Gasteiger partial charge is 0.339 e. The summed E-state index contributed by atoms with van der Waals surface area (Å²) >= 11 is 0. The molecule has 7 nitrogen and oxygen atoms in total. The van der Waals surface area contributed by atoms with Crippen molar-refractivity contribution in [1.29, 1.82) is 0 Å². The van der Waals surface area contributed by atoms with E-state index < -0.39 is 0 Å². The van der Waals surface area contributed by atoms with Crippen LogP contribution in [0.15, 0.2) is 30.3 Å². The molecular weight excluding hydrogens is 318 g/mol. The molecule has 3 aliphatic heterocycles. The van der Waals surface area contributed by atoms with Crippen molar-refractivity contribution in [1.82, 2.24) is 20.4 Å². The highest BCUT2D eigenvalue weighted by Gasteiger charge is 2.49. The van der Waals surface area contributed by atoms with Crippen LogP contribution in [0.1, 0.15) is 12.8 Å². The highest BCUT2D eigenvalue weighted by Crippen LogP contribution is 2.35. The van der Waals surface area contributed by atoms with E-state index in [9.17, 15) is 9.59 Å².